The van der Waals surface area contributed by atoms with Gasteiger partial charge in [-0.3, -0.25) is 15.1 Å². The van der Waals surface area contributed by atoms with Crippen LogP contribution in [0.1, 0.15) is 35.4 Å². The van der Waals surface area contributed by atoms with Crippen molar-refractivity contribution in [1.29, 1.82) is 5.41 Å². The molecule has 1 aliphatic rings. The van der Waals surface area contributed by atoms with Crippen LogP contribution >= 0.6 is 11.6 Å². The van der Waals surface area contributed by atoms with E-state index < -0.39 is 0 Å². The molecular weight excluding hydrogens is 642 g/mol. The average molecular weight is 684 g/mol. The van der Waals surface area contributed by atoms with Gasteiger partial charge in [-0.25, -0.2) is 4.98 Å². The van der Waals surface area contributed by atoms with Crippen LogP contribution in [0.25, 0.3) is 21.8 Å². The molecule has 1 aliphatic heterocycles. The van der Waals surface area contributed by atoms with E-state index in [0.29, 0.717) is 19.1 Å². The van der Waals surface area contributed by atoms with Crippen molar-refractivity contribution in [2.45, 2.75) is 38.3 Å². The highest BCUT2D eigenvalue weighted by Crippen LogP contribution is 2.28. The largest absolute Gasteiger partial charge is 0.384 e. The summed E-state index contributed by atoms with van der Waals surface area (Å²) in [6, 6.07) is 36.9. The van der Waals surface area contributed by atoms with Crippen molar-refractivity contribution in [2.24, 2.45) is 12.8 Å². The normalized spacial score (nSPS) is 13.9. The standard InChI is InChI=1S/C41H42ClN7O/c1-47-38-19-18-35(25-37(38)46-39(47)20-11-28-9-12-30(13-10-28)41(43)44)49(26-31-7-4-6-29-5-2-3-8-36(29)31)40(50)27-48-23-21-34(22-24-48)45-33-16-14-32(42)15-17-33/h2-10,12-19,25,34,45H,11,20-24,26-27H2,1H3,(H3,43,44). The summed E-state index contributed by atoms with van der Waals surface area (Å²) in [5, 5.41) is 14.3. The monoisotopic (exact) mass is 683 g/mol. The number of hydrogen-bond acceptors (Lipinski definition) is 5. The van der Waals surface area contributed by atoms with Gasteiger partial charge in [0, 0.05) is 54.6 Å². The summed E-state index contributed by atoms with van der Waals surface area (Å²) in [4.78, 5) is 23.6. The molecule has 0 saturated carbocycles. The molecule has 8 nitrogen and oxygen atoms in total. The topological polar surface area (TPSA) is 103 Å². The number of fused-ring (bicyclic) bond motifs is 2. The minimum Gasteiger partial charge on any atom is -0.384 e. The molecule has 9 heteroatoms. The minimum absolute atomic E-state index is 0.0720. The predicted molar refractivity (Wildman–Crippen MR) is 205 cm³/mol. The second kappa shape index (κ2) is 14.7. The van der Waals surface area contributed by atoms with Gasteiger partial charge in [-0.2, -0.15) is 0 Å². The summed E-state index contributed by atoms with van der Waals surface area (Å²) >= 11 is 6.07. The summed E-state index contributed by atoms with van der Waals surface area (Å²) in [6.07, 6.45) is 3.51. The Kier molecular flexibility index (Phi) is 9.83. The Morgan fingerprint density at radius 3 is 2.44 bits per heavy atom. The molecule has 0 bridgehead atoms. The first kappa shape index (κ1) is 33.3. The summed E-state index contributed by atoms with van der Waals surface area (Å²) < 4.78 is 2.14. The van der Waals surface area contributed by atoms with E-state index in [1.807, 2.05) is 66.5 Å². The van der Waals surface area contributed by atoms with Crippen molar-refractivity contribution in [3.63, 3.8) is 0 Å². The highest BCUT2D eigenvalue weighted by atomic mass is 35.5. The fourth-order valence-corrected chi connectivity index (χ4v) is 7.08. The fraction of sp³-hybridized carbons (Fsp3) is 0.244. The highest BCUT2D eigenvalue weighted by Gasteiger charge is 2.25. The number of benzene rings is 5. The molecule has 7 rings (SSSR count). The number of nitrogens with one attached hydrogen (secondary N) is 2. The second-order valence-corrected chi connectivity index (χ2v) is 13.6. The number of rotatable bonds is 11. The third-order valence-electron chi connectivity index (χ3n) is 9.84. The van der Waals surface area contributed by atoms with Crippen LogP contribution in [-0.4, -0.2) is 51.9 Å². The Morgan fingerprint density at radius 1 is 0.940 bits per heavy atom. The number of imidazole rings is 1. The molecule has 0 unspecified atom stereocenters. The summed E-state index contributed by atoms with van der Waals surface area (Å²) in [5.41, 5.74) is 12.4. The number of amidine groups is 1. The van der Waals surface area contributed by atoms with Crippen LogP contribution in [-0.2, 0) is 31.2 Å². The number of aryl methyl sites for hydroxylation is 3. The molecule has 1 saturated heterocycles. The lowest BCUT2D eigenvalue weighted by Gasteiger charge is -2.34. The van der Waals surface area contributed by atoms with E-state index in [2.05, 4.69) is 69.4 Å². The van der Waals surface area contributed by atoms with Crippen LogP contribution < -0.4 is 16.0 Å². The Balaban J connectivity index is 1.10. The van der Waals surface area contributed by atoms with Crippen LogP contribution in [0.5, 0.6) is 0 Å². The van der Waals surface area contributed by atoms with Crippen LogP contribution in [0.2, 0.25) is 5.02 Å². The van der Waals surface area contributed by atoms with Crippen LogP contribution in [0, 0.1) is 5.41 Å². The molecule has 0 spiro atoms. The number of nitrogens with zero attached hydrogens (tertiary/aromatic N) is 4. The van der Waals surface area contributed by atoms with Gasteiger partial charge < -0.3 is 20.5 Å². The molecule has 2 heterocycles. The lowest BCUT2D eigenvalue weighted by atomic mass is 10.0. The molecule has 6 aromatic rings. The van der Waals surface area contributed by atoms with Crippen molar-refractivity contribution < 1.29 is 4.79 Å². The van der Waals surface area contributed by atoms with E-state index in [1.165, 1.54) is 5.56 Å². The van der Waals surface area contributed by atoms with Gasteiger partial charge in [0.05, 0.1) is 24.1 Å². The van der Waals surface area contributed by atoms with E-state index in [-0.39, 0.29) is 11.7 Å². The maximum Gasteiger partial charge on any atom is 0.241 e. The van der Waals surface area contributed by atoms with Crippen LogP contribution in [0.15, 0.2) is 109 Å². The molecule has 254 valence electrons. The van der Waals surface area contributed by atoms with E-state index in [0.717, 1.165) is 93.9 Å². The first-order chi connectivity index (χ1) is 24.3. The van der Waals surface area contributed by atoms with Gasteiger partial charge in [-0.15, -0.1) is 0 Å². The number of piperidine rings is 1. The first-order valence-corrected chi connectivity index (χ1v) is 17.6. The lowest BCUT2D eigenvalue weighted by Crippen LogP contribution is -2.45. The molecular formula is C41H42ClN7O. The molecule has 4 N–H and O–H groups in total. The summed E-state index contributed by atoms with van der Waals surface area (Å²) in [6.45, 7) is 2.51. The summed E-state index contributed by atoms with van der Waals surface area (Å²) in [7, 11) is 2.05. The Bertz CT molecular complexity index is 2130. The first-order valence-electron chi connectivity index (χ1n) is 17.2. The van der Waals surface area contributed by atoms with Gasteiger partial charge in [0.1, 0.15) is 11.7 Å². The number of carbonyl (C=O) groups is 1. The third kappa shape index (κ3) is 7.52. The third-order valence-corrected chi connectivity index (χ3v) is 10.1. The van der Waals surface area contributed by atoms with Gasteiger partial charge in [0.15, 0.2) is 0 Å². The number of aromatic nitrogens is 2. The van der Waals surface area contributed by atoms with E-state index in [1.54, 1.807) is 0 Å². The molecule has 5 aromatic carbocycles. The van der Waals surface area contributed by atoms with Gasteiger partial charge >= 0.3 is 0 Å². The van der Waals surface area contributed by atoms with Crippen LogP contribution in [0.3, 0.4) is 0 Å². The van der Waals surface area contributed by atoms with Gasteiger partial charge in [-0.1, -0.05) is 78.3 Å². The number of anilines is 2. The lowest BCUT2D eigenvalue weighted by molar-refractivity contribution is -0.120. The molecule has 0 atom stereocenters. The number of amides is 1. The van der Waals surface area contributed by atoms with E-state index in [9.17, 15) is 4.79 Å². The Morgan fingerprint density at radius 2 is 1.68 bits per heavy atom. The van der Waals surface area contributed by atoms with Crippen LogP contribution in [0.4, 0.5) is 11.4 Å². The van der Waals surface area contributed by atoms with Crippen molar-refractivity contribution in [3.8, 4) is 0 Å². The van der Waals surface area contributed by atoms with Crippen molar-refractivity contribution in [2.75, 3.05) is 29.9 Å². The SMILES string of the molecule is Cn1c(CCc2ccc(C(=N)N)cc2)nc2cc(N(Cc3cccc4ccccc34)C(=O)CN3CCC(Nc4ccc(Cl)cc4)CC3)ccc21. The maximum absolute atomic E-state index is 14.3. The van der Waals surface area contributed by atoms with Gasteiger partial charge in [0.2, 0.25) is 5.91 Å². The number of hydrogen-bond donors (Lipinski definition) is 3. The number of carbonyl (C=O) groups excluding carboxylic acids is 1. The number of likely N-dealkylation sites (tertiary alicyclic amines) is 1. The zero-order valence-electron chi connectivity index (χ0n) is 28.3. The Hall–Kier alpha value is -5.18. The van der Waals surface area contributed by atoms with Gasteiger partial charge in [-0.05, 0) is 83.6 Å². The molecule has 50 heavy (non-hydrogen) atoms. The van der Waals surface area contributed by atoms with E-state index in [4.69, 9.17) is 27.7 Å². The zero-order valence-corrected chi connectivity index (χ0v) is 29.0. The number of nitrogen functional groups attached to an aromatic ring is 1. The number of nitrogens with two attached hydrogens (primary N) is 1. The quantitative estimate of drug-likeness (QED) is 0.0966. The fourth-order valence-electron chi connectivity index (χ4n) is 6.95. The highest BCUT2D eigenvalue weighted by molar-refractivity contribution is 6.30. The second-order valence-electron chi connectivity index (χ2n) is 13.2. The molecule has 1 fully saturated rings. The zero-order chi connectivity index (χ0) is 34.6. The van der Waals surface area contributed by atoms with Crippen molar-refractivity contribution >= 4 is 56.5 Å². The Labute approximate surface area is 298 Å². The number of halogens is 1. The smallest absolute Gasteiger partial charge is 0.241 e. The average Bonchev–Trinajstić information content (AvgIpc) is 3.45. The van der Waals surface area contributed by atoms with Crippen molar-refractivity contribution in [3.05, 3.63) is 137 Å². The van der Waals surface area contributed by atoms with E-state index >= 15 is 0 Å². The van der Waals surface area contributed by atoms with Crippen molar-refractivity contribution in [1.82, 2.24) is 14.5 Å². The minimum atomic E-state index is 0.0720. The van der Waals surface area contributed by atoms with Gasteiger partial charge in [0.25, 0.3) is 0 Å². The molecule has 1 aromatic heterocycles. The predicted octanol–water partition coefficient (Wildman–Crippen LogP) is 7.56. The molecule has 0 aliphatic carbocycles. The molecule has 0 radical (unpaired) electrons. The molecule has 1 amide bonds. The maximum atomic E-state index is 14.3. The summed E-state index contributed by atoms with van der Waals surface area (Å²) in [5.74, 6) is 1.13.